The normalized spacial score (nSPS) is 14.6. The van der Waals surface area contributed by atoms with E-state index in [9.17, 15) is 66.3 Å². The van der Waals surface area contributed by atoms with Gasteiger partial charge in [0.05, 0.1) is 58.5 Å². The second-order valence-electron chi connectivity index (χ2n) is 25.6. The molecule has 0 saturated heterocycles. The Labute approximate surface area is 593 Å². The number of rotatable bonds is 35. The number of carboxylic acid groups (broad SMARTS) is 2. The first-order valence-corrected chi connectivity index (χ1v) is 35.5. The lowest BCUT2D eigenvalue weighted by atomic mass is 10.1. The Hall–Kier alpha value is -11.3. The number of carbonyl (C=O) groups is 9. The summed E-state index contributed by atoms with van der Waals surface area (Å²) in [6.07, 6.45) is 4.86. The highest BCUT2D eigenvalue weighted by Crippen LogP contribution is 2.30. The van der Waals surface area contributed by atoms with Crippen molar-refractivity contribution in [2.45, 2.75) is 133 Å². The number of anilines is 3. The molecule has 30 nitrogen and oxygen atoms in total. The molecule has 0 radical (unpaired) electrons. The zero-order chi connectivity index (χ0) is 73.2. The van der Waals surface area contributed by atoms with E-state index < -0.39 is 70.7 Å². The van der Waals surface area contributed by atoms with Gasteiger partial charge in [-0.15, -0.1) is 0 Å². The number of imidazole rings is 2. The molecule has 8 aromatic rings. The molecule has 0 bridgehead atoms. The fourth-order valence-electron chi connectivity index (χ4n) is 12.4. The maximum absolute atomic E-state index is 13.9. The highest BCUT2D eigenvalue weighted by atomic mass is 32.2. The highest BCUT2D eigenvalue weighted by Gasteiger charge is 2.34. The van der Waals surface area contributed by atoms with Crippen molar-refractivity contribution < 1.29 is 66.3 Å². The molecular weight excluding hydrogens is 1340 g/mol. The molecule has 5 heterocycles. The van der Waals surface area contributed by atoms with Crippen molar-refractivity contribution in [3.8, 4) is 0 Å². The van der Waals surface area contributed by atoms with E-state index in [0.717, 1.165) is 22.1 Å². The summed E-state index contributed by atoms with van der Waals surface area (Å²) >= 11 is 0. The summed E-state index contributed by atoms with van der Waals surface area (Å²) in [5, 5.41) is 34.2. The van der Waals surface area contributed by atoms with Crippen LogP contribution in [0, 0.1) is 0 Å². The van der Waals surface area contributed by atoms with Gasteiger partial charge in [0.25, 0.3) is 27.8 Å². The molecule has 0 fully saturated rings. The zero-order valence-electron chi connectivity index (χ0n) is 57.1. The Morgan fingerprint density at radius 2 is 1.11 bits per heavy atom. The van der Waals surface area contributed by atoms with Crippen LogP contribution in [0.25, 0.3) is 22.1 Å². The molecule has 3 atom stereocenters. The number of fused-ring (bicyclic) bond motifs is 4. The van der Waals surface area contributed by atoms with Crippen LogP contribution in [0.1, 0.15) is 136 Å². The number of hydrogen-bond donors (Lipinski definition) is 12. The average Bonchev–Trinajstić information content (AvgIpc) is 1.71. The molecule has 31 heteroatoms. The maximum Gasteiger partial charge on any atom is 0.305 e. The number of pyridine rings is 1. The van der Waals surface area contributed by atoms with Gasteiger partial charge < -0.3 is 71.8 Å². The third-order valence-corrected chi connectivity index (χ3v) is 18.7. The predicted octanol–water partition coefficient (Wildman–Crippen LogP) is 6.57. The summed E-state index contributed by atoms with van der Waals surface area (Å²) in [4.78, 5) is 146. The number of nitrogens with zero attached hydrogens (tertiary/aromatic N) is 7. The average molecular weight is 1430 g/mol. The summed E-state index contributed by atoms with van der Waals surface area (Å²) in [6, 6.07) is 30.7. The molecule has 542 valence electrons. The topological polar surface area (TPSA) is 416 Å². The van der Waals surface area contributed by atoms with Gasteiger partial charge in [0.2, 0.25) is 23.6 Å². The van der Waals surface area contributed by atoms with E-state index in [2.05, 4.69) is 62.4 Å². The van der Waals surface area contributed by atoms with Crippen molar-refractivity contribution in [2.24, 2.45) is 0 Å². The lowest BCUT2D eigenvalue weighted by Gasteiger charge is -2.24. The third kappa shape index (κ3) is 20.5. The molecule has 0 aliphatic carbocycles. The number of aliphatic carboxylic acids is 2. The van der Waals surface area contributed by atoms with E-state index in [0.29, 0.717) is 110 Å². The van der Waals surface area contributed by atoms with E-state index in [1.54, 1.807) is 71.3 Å². The van der Waals surface area contributed by atoms with Gasteiger partial charge >= 0.3 is 11.9 Å². The van der Waals surface area contributed by atoms with Gasteiger partial charge in [0.1, 0.15) is 35.6 Å². The Balaban J connectivity index is 0.698. The maximum atomic E-state index is 13.9. The molecule has 10 rings (SSSR count). The van der Waals surface area contributed by atoms with Crippen LogP contribution < -0.4 is 37.4 Å². The lowest BCUT2D eigenvalue weighted by molar-refractivity contribution is -0.141. The summed E-state index contributed by atoms with van der Waals surface area (Å²) in [5.41, 5.74) is 12.4. The first-order chi connectivity index (χ1) is 49.5. The van der Waals surface area contributed by atoms with Gasteiger partial charge in [-0.25, -0.2) is 20.4 Å². The van der Waals surface area contributed by atoms with E-state index in [1.807, 2.05) is 48.5 Å². The van der Waals surface area contributed by atoms with Crippen molar-refractivity contribution in [3.63, 3.8) is 0 Å². The molecule has 0 saturated carbocycles. The monoisotopic (exact) mass is 1430 g/mol. The van der Waals surface area contributed by atoms with Crippen LogP contribution in [0.2, 0.25) is 0 Å². The van der Waals surface area contributed by atoms with Crippen LogP contribution in [-0.4, -0.2) is 179 Å². The largest absolute Gasteiger partial charge is 0.481 e. The summed E-state index contributed by atoms with van der Waals surface area (Å²) in [7, 11) is -1.15. The van der Waals surface area contributed by atoms with E-state index >= 15 is 0 Å². The Morgan fingerprint density at radius 3 is 1.61 bits per heavy atom. The van der Waals surface area contributed by atoms with Crippen molar-refractivity contribution in [1.82, 2.24) is 65.9 Å². The molecule has 3 aromatic heterocycles. The van der Waals surface area contributed by atoms with Crippen LogP contribution in [0.4, 0.5) is 17.2 Å². The van der Waals surface area contributed by atoms with Crippen LogP contribution in [-0.2, 0) is 71.6 Å². The fourth-order valence-corrected chi connectivity index (χ4v) is 13.2. The summed E-state index contributed by atoms with van der Waals surface area (Å²) < 4.78 is 33.4. The second kappa shape index (κ2) is 34.8. The van der Waals surface area contributed by atoms with Gasteiger partial charge in [-0.2, -0.15) is 8.42 Å². The molecule has 7 amide bonds. The zero-order valence-corrected chi connectivity index (χ0v) is 57.9. The van der Waals surface area contributed by atoms with Gasteiger partial charge in [0.15, 0.2) is 0 Å². The van der Waals surface area contributed by atoms with Gasteiger partial charge in [0, 0.05) is 95.0 Å². The Bertz CT molecular complexity index is 4460. The van der Waals surface area contributed by atoms with Crippen molar-refractivity contribution in [3.05, 3.63) is 173 Å². The number of para-hydroxylation sites is 4. The molecular formula is C72H84N16O14S. The first kappa shape index (κ1) is 74.4. The molecule has 2 aliphatic rings. The second-order valence-corrected chi connectivity index (χ2v) is 27.0. The number of carbonyl (C=O) groups excluding carboxylic acids is 7. The van der Waals surface area contributed by atoms with Crippen LogP contribution in [0.3, 0.4) is 0 Å². The smallest absolute Gasteiger partial charge is 0.305 e. The van der Waals surface area contributed by atoms with Crippen molar-refractivity contribution in [1.29, 1.82) is 0 Å². The summed E-state index contributed by atoms with van der Waals surface area (Å²) in [5.74, 6) is -3.72. The number of unbranched alkanes of at least 4 members (excludes halogenated alkanes) is 6. The number of aromatic amines is 2. The van der Waals surface area contributed by atoms with E-state index in [1.165, 1.54) is 41.4 Å². The molecule has 2 unspecified atom stereocenters. The SMILES string of the molecule is CN(Cc1nc2ccccc2[nH]1)C(=O)c1ccc2c(c1)CN(CCCCCCNC(=O)CC[C@H](NC(=O)c1ccc(NNCc3ccccc3S(=O)(=O)O)nc1)C(=O)NCCCCCCN1Cc3cc(C(=O)N(C)Cc4nc5ccccc5[nH]4)ccc3NC(CC(=O)O)C1=O)C(=O)C(CC(=O)O)N2. The van der Waals surface area contributed by atoms with Gasteiger partial charge in [-0.3, -0.25) is 47.7 Å². The molecule has 5 aromatic carbocycles. The molecule has 0 spiro atoms. The number of aromatic nitrogens is 5. The highest BCUT2D eigenvalue weighted by molar-refractivity contribution is 7.85. The number of hydrazine groups is 1. The van der Waals surface area contributed by atoms with Gasteiger partial charge in [-0.1, -0.05) is 68.1 Å². The number of nitrogens with one attached hydrogen (secondary N) is 9. The number of benzene rings is 5. The van der Waals surface area contributed by atoms with Crippen molar-refractivity contribution in [2.75, 3.05) is 56.3 Å². The number of amides is 7. The standard InChI is InChI=1S/C72H84N16O14S/c1-85(43-62-79-53-18-8-9-19-54(53)80-62)69(96)45-23-26-51-49(35-45)41-87(71(98)58(77-51)37-65(90)91)33-15-5-3-13-31-73-64(89)30-28-57(83-67(94)48-25-29-61(75-39-48)84-76-40-47-17-7-12-22-60(47)103(100,101)102)68(95)74-32-14-4-6-16-34-88-42-50-36-46(24-27-52(50)78-59(72(88)99)38-66(92)93)70(97)86(2)44-63-81-55-20-10-11-21-56(55)82-63/h7-12,17-27,29,35-36,39,57-59,76-78H,3-6,13-16,28,30-34,37-38,40-44H2,1-2H3,(H,73,89)(H,74,95)(H,75,84)(H,79,80)(H,81,82)(H,83,94)(H,90,91)(H,92,93)(H,100,101,102)/t57-,58?,59?/m0/s1. The Kier molecular flexibility index (Phi) is 25.2. The molecule has 103 heavy (non-hydrogen) atoms. The lowest BCUT2D eigenvalue weighted by Crippen LogP contribution is -2.47. The minimum atomic E-state index is -4.49. The quantitative estimate of drug-likeness (QED) is 0.0113. The molecule has 2 aliphatic heterocycles. The summed E-state index contributed by atoms with van der Waals surface area (Å²) in [6.45, 7) is 1.75. The Morgan fingerprint density at radius 1 is 0.612 bits per heavy atom. The van der Waals surface area contributed by atoms with Crippen LogP contribution in [0.5, 0.6) is 0 Å². The minimum Gasteiger partial charge on any atom is -0.481 e. The minimum absolute atomic E-state index is 0.0264. The number of hydrogen-bond acceptors (Lipinski definition) is 18. The number of carboxylic acids is 2. The van der Waals surface area contributed by atoms with Gasteiger partial charge in [-0.05, 0) is 128 Å². The van der Waals surface area contributed by atoms with E-state index in [-0.39, 0.29) is 104 Å². The predicted molar refractivity (Wildman–Crippen MR) is 381 cm³/mol. The molecule has 12 N–H and O–H groups in total. The third-order valence-electron chi connectivity index (χ3n) is 17.8. The van der Waals surface area contributed by atoms with E-state index in [4.69, 9.17) is 0 Å². The van der Waals surface area contributed by atoms with Crippen LogP contribution >= 0.6 is 0 Å². The number of H-pyrrole nitrogens is 2. The first-order valence-electron chi connectivity index (χ1n) is 34.1. The van der Waals surface area contributed by atoms with Crippen molar-refractivity contribution >= 4 is 103 Å². The fraction of sp³-hybridized carbons (Fsp3) is 0.361. The van der Waals surface area contributed by atoms with Crippen LogP contribution in [0.15, 0.2) is 132 Å².